The van der Waals surface area contributed by atoms with Gasteiger partial charge in [0, 0.05) is 0 Å². The second-order valence-corrected chi connectivity index (χ2v) is 3.48. The van der Waals surface area contributed by atoms with Gasteiger partial charge in [-0.2, -0.15) is 0 Å². The van der Waals surface area contributed by atoms with E-state index in [0.29, 0.717) is 0 Å². The molecule has 0 bridgehead atoms. The highest BCUT2D eigenvalue weighted by Crippen LogP contribution is 2.20. The lowest BCUT2D eigenvalue weighted by Gasteiger charge is -2.20. The summed E-state index contributed by atoms with van der Waals surface area (Å²) < 4.78 is 5.13. The summed E-state index contributed by atoms with van der Waals surface area (Å²) in [5.74, 6) is -0.423. The molecule has 0 radical (unpaired) electrons. The van der Waals surface area contributed by atoms with Gasteiger partial charge in [-0.1, -0.05) is 6.42 Å². The van der Waals surface area contributed by atoms with E-state index in [2.05, 4.69) is 0 Å². The molecule has 0 unspecified atom stereocenters. The van der Waals surface area contributed by atoms with Crippen molar-refractivity contribution in [3.63, 3.8) is 0 Å². The Balaban J connectivity index is 2.30. The van der Waals surface area contributed by atoms with E-state index in [1.807, 2.05) is 0 Å². The highest BCUT2D eigenvalue weighted by atomic mass is 16.5. The molecule has 3 nitrogen and oxygen atoms in total. The molecule has 0 aromatic rings. The molecular formula is C10H16O3. The summed E-state index contributed by atoms with van der Waals surface area (Å²) in [5.41, 5.74) is 0. The molecule has 3 heteroatoms. The summed E-state index contributed by atoms with van der Waals surface area (Å²) in [6, 6.07) is 0. The van der Waals surface area contributed by atoms with Crippen molar-refractivity contribution < 1.29 is 14.6 Å². The maximum Gasteiger partial charge on any atom is 0.334 e. The van der Waals surface area contributed by atoms with Gasteiger partial charge >= 0.3 is 5.97 Å². The van der Waals surface area contributed by atoms with E-state index in [-0.39, 0.29) is 11.9 Å². The first-order valence-electron chi connectivity index (χ1n) is 4.76. The van der Waals surface area contributed by atoms with Gasteiger partial charge in [-0.25, -0.2) is 4.79 Å². The smallest absolute Gasteiger partial charge is 0.334 e. The Morgan fingerprint density at radius 2 is 2.00 bits per heavy atom. The minimum Gasteiger partial charge on any atom is -0.512 e. The topological polar surface area (TPSA) is 46.5 Å². The largest absolute Gasteiger partial charge is 0.512 e. The first kappa shape index (κ1) is 10.1. The molecule has 0 aromatic heterocycles. The number of ether oxygens (including phenoxy) is 1. The Labute approximate surface area is 78.4 Å². The molecule has 0 saturated heterocycles. The summed E-state index contributed by atoms with van der Waals surface area (Å²) in [4.78, 5) is 11.1. The van der Waals surface area contributed by atoms with E-state index in [0.717, 1.165) is 31.8 Å². The van der Waals surface area contributed by atoms with Gasteiger partial charge in [0.15, 0.2) is 0 Å². The fraction of sp³-hybridized carbons (Fsp3) is 0.700. The number of carbonyl (C=O) groups is 1. The van der Waals surface area contributed by atoms with Crippen molar-refractivity contribution in [3.05, 3.63) is 11.8 Å². The fourth-order valence-electron chi connectivity index (χ4n) is 1.55. The lowest BCUT2D eigenvalue weighted by atomic mass is 9.98. The molecule has 0 spiro atoms. The molecule has 1 aliphatic rings. The maximum absolute atomic E-state index is 11.1. The Morgan fingerprint density at radius 1 is 1.38 bits per heavy atom. The van der Waals surface area contributed by atoms with Crippen LogP contribution in [0.4, 0.5) is 0 Å². The van der Waals surface area contributed by atoms with Crippen molar-refractivity contribution in [1.29, 1.82) is 0 Å². The highest BCUT2D eigenvalue weighted by molar-refractivity contribution is 5.82. The normalized spacial score (nSPS) is 19.9. The van der Waals surface area contributed by atoms with Gasteiger partial charge in [0.2, 0.25) is 0 Å². The van der Waals surface area contributed by atoms with Crippen LogP contribution >= 0.6 is 0 Å². The van der Waals surface area contributed by atoms with Gasteiger partial charge < -0.3 is 9.84 Å². The van der Waals surface area contributed by atoms with Crippen LogP contribution in [0.15, 0.2) is 11.8 Å². The highest BCUT2D eigenvalue weighted by Gasteiger charge is 2.16. The zero-order chi connectivity index (χ0) is 9.68. The van der Waals surface area contributed by atoms with Gasteiger partial charge in [-0.15, -0.1) is 0 Å². The van der Waals surface area contributed by atoms with Crippen LogP contribution in [0.3, 0.4) is 0 Å². The summed E-state index contributed by atoms with van der Waals surface area (Å²) >= 11 is 0. The monoisotopic (exact) mass is 184 g/mol. The molecule has 1 rings (SSSR count). The molecule has 1 N–H and O–H groups in total. The third kappa shape index (κ3) is 3.97. The molecule has 0 heterocycles. The summed E-state index contributed by atoms with van der Waals surface area (Å²) in [5, 5.41) is 8.81. The molecule has 0 aliphatic heterocycles. The first-order chi connectivity index (χ1) is 6.18. The van der Waals surface area contributed by atoms with E-state index < -0.39 is 5.97 Å². The number of esters is 1. The van der Waals surface area contributed by atoms with Gasteiger partial charge in [0.25, 0.3) is 0 Å². The van der Waals surface area contributed by atoms with Crippen LogP contribution in [0.2, 0.25) is 0 Å². The van der Waals surface area contributed by atoms with Crippen LogP contribution in [-0.4, -0.2) is 17.2 Å². The van der Waals surface area contributed by atoms with Crippen molar-refractivity contribution in [2.45, 2.75) is 45.1 Å². The number of aliphatic hydroxyl groups excluding tert-OH is 1. The van der Waals surface area contributed by atoms with Crippen LogP contribution in [0.1, 0.15) is 39.0 Å². The third-order valence-corrected chi connectivity index (χ3v) is 2.16. The average Bonchev–Trinajstić information content (AvgIpc) is 2.04. The quantitative estimate of drug-likeness (QED) is 0.407. The number of aliphatic hydroxyl groups is 1. The van der Waals surface area contributed by atoms with Gasteiger partial charge in [-0.05, 0) is 32.6 Å². The van der Waals surface area contributed by atoms with E-state index in [1.54, 1.807) is 0 Å². The summed E-state index contributed by atoms with van der Waals surface area (Å²) in [7, 11) is 0. The minimum absolute atomic E-state index is 0.000749. The second kappa shape index (κ2) is 4.90. The lowest BCUT2D eigenvalue weighted by molar-refractivity contribution is -0.144. The summed E-state index contributed by atoms with van der Waals surface area (Å²) in [6.07, 6.45) is 6.63. The second-order valence-electron chi connectivity index (χ2n) is 3.48. The predicted octanol–water partition coefficient (Wildman–Crippen LogP) is 2.32. The SMILES string of the molecule is C/C(O)=C/C(=O)OC1CCCCC1. The number of carbonyl (C=O) groups excluding carboxylic acids is 1. The van der Waals surface area contributed by atoms with Crippen molar-refractivity contribution in [2.24, 2.45) is 0 Å². The Hall–Kier alpha value is -0.990. The predicted molar refractivity (Wildman–Crippen MR) is 49.4 cm³/mol. The van der Waals surface area contributed by atoms with Gasteiger partial charge in [-0.3, -0.25) is 0 Å². The fourth-order valence-corrected chi connectivity index (χ4v) is 1.55. The van der Waals surface area contributed by atoms with Crippen LogP contribution in [0.5, 0.6) is 0 Å². The minimum atomic E-state index is -0.424. The van der Waals surface area contributed by atoms with Crippen LogP contribution in [0.25, 0.3) is 0 Å². The van der Waals surface area contributed by atoms with Gasteiger partial charge in [0.05, 0.1) is 11.8 Å². The zero-order valence-corrected chi connectivity index (χ0v) is 7.95. The van der Waals surface area contributed by atoms with Crippen molar-refractivity contribution in [2.75, 3.05) is 0 Å². The zero-order valence-electron chi connectivity index (χ0n) is 7.95. The molecule has 0 amide bonds. The van der Waals surface area contributed by atoms with E-state index in [1.165, 1.54) is 13.3 Å². The standard InChI is InChI=1S/C10H16O3/c1-8(11)7-10(12)13-9-5-3-2-4-6-9/h7,9,11H,2-6H2,1H3/b8-7-. The number of rotatable bonds is 2. The summed E-state index contributed by atoms with van der Waals surface area (Å²) in [6.45, 7) is 1.46. The number of hydrogen-bond donors (Lipinski definition) is 1. The van der Waals surface area contributed by atoms with Crippen molar-refractivity contribution in [3.8, 4) is 0 Å². The Bertz CT molecular complexity index is 198. The van der Waals surface area contributed by atoms with Crippen LogP contribution < -0.4 is 0 Å². The van der Waals surface area contributed by atoms with E-state index in [4.69, 9.17) is 9.84 Å². The van der Waals surface area contributed by atoms with Crippen molar-refractivity contribution in [1.82, 2.24) is 0 Å². The van der Waals surface area contributed by atoms with Crippen LogP contribution in [-0.2, 0) is 9.53 Å². The number of hydrogen-bond acceptors (Lipinski definition) is 3. The molecule has 1 fully saturated rings. The Morgan fingerprint density at radius 3 is 2.54 bits per heavy atom. The number of allylic oxidation sites excluding steroid dienone is 1. The molecule has 1 aliphatic carbocycles. The first-order valence-corrected chi connectivity index (χ1v) is 4.76. The molecular weight excluding hydrogens is 168 g/mol. The third-order valence-electron chi connectivity index (χ3n) is 2.16. The van der Waals surface area contributed by atoms with Crippen molar-refractivity contribution >= 4 is 5.97 Å². The van der Waals surface area contributed by atoms with Gasteiger partial charge in [0.1, 0.15) is 6.10 Å². The molecule has 1 saturated carbocycles. The molecule has 0 aromatic carbocycles. The lowest BCUT2D eigenvalue weighted by Crippen LogP contribution is -2.19. The van der Waals surface area contributed by atoms with Crippen LogP contribution in [0, 0.1) is 0 Å². The molecule has 0 atom stereocenters. The maximum atomic E-state index is 11.1. The molecule has 13 heavy (non-hydrogen) atoms. The van der Waals surface area contributed by atoms with E-state index in [9.17, 15) is 4.79 Å². The average molecular weight is 184 g/mol. The van der Waals surface area contributed by atoms with E-state index >= 15 is 0 Å². The molecule has 74 valence electrons. The Kier molecular flexibility index (Phi) is 3.80.